The van der Waals surface area contributed by atoms with Crippen molar-refractivity contribution in [2.75, 3.05) is 37.6 Å². The van der Waals surface area contributed by atoms with Crippen molar-refractivity contribution in [1.29, 1.82) is 0 Å². The van der Waals surface area contributed by atoms with Crippen molar-refractivity contribution in [2.45, 2.75) is 25.3 Å². The summed E-state index contributed by atoms with van der Waals surface area (Å²) in [5.74, 6) is 0.951. The number of nitrogens with zero attached hydrogens (tertiary/aromatic N) is 4. The van der Waals surface area contributed by atoms with Gasteiger partial charge < -0.3 is 15.5 Å². The third-order valence-electron chi connectivity index (χ3n) is 4.44. The van der Waals surface area contributed by atoms with Crippen molar-refractivity contribution in [3.05, 3.63) is 24.2 Å². The van der Waals surface area contributed by atoms with Crippen LogP contribution in [0.3, 0.4) is 0 Å². The SMILES string of the molecule is c1cn2nc(CC3CCCN3)nc2cc1N1CCNCC1. The van der Waals surface area contributed by atoms with E-state index in [0.717, 1.165) is 50.6 Å². The number of anilines is 1. The molecule has 2 fully saturated rings. The summed E-state index contributed by atoms with van der Waals surface area (Å²) in [4.78, 5) is 7.11. The second kappa shape index (κ2) is 5.61. The summed E-state index contributed by atoms with van der Waals surface area (Å²) in [6.45, 7) is 5.35. The van der Waals surface area contributed by atoms with Crippen LogP contribution in [0.5, 0.6) is 0 Å². The third kappa shape index (κ3) is 2.73. The Morgan fingerprint density at radius 1 is 1.24 bits per heavy atom. The minimum atomic E-state index is 0.551. The van der Waals surface area contributed by atoms with E-state index in [1.54, 1.807) is 0 Å². The van der Waals surface area contributed by atoms with Gasteiger partial charge in [0.2, 0.25) is 0 Å². The molecule has 6 nitrogen and oxygen atoms in total. The standard InChI is InChI=1S/C15H22N6/c1-2-12(17-4-1)10-14-18-15-11-13(3-7-21(15)19-14)20-8-5-16-6-9-20/h3,7,11-12,16-17H,1-2,4-6,8-10H2. The van der Waals surface area contributed by atoms with Crippen molar-refractivity contribution in [1.82, 2.24) is 25.2 Å². The Morgan fingerprint density at radius 2 is 2.14 bits per heavy atom. The minimum absolute atomic E-state index is 0.551. The molecule has 0 aliphatic carbocycles. The van der Waals surface area contributed by atoms with Crippen LogP contribution in [0.4, 0.5) is 5.69 Å². The molecule has 0 bridgehead atoms. The smallest absolute Gasteiger partial charge is 0.157 e. The van der Waals surface area contributed by atoms with E-state index in [2.05, 4.69) is 32.8 Å². The monoisotopic (exact) mass is 286 g/mol. The van der Waals surface area contributed by atoms with E-state index < -0.39 is 0 Å². The lowest BCUT2D eigenvalue weighted by Gasteiger charge is -2.29. The summed E-state index contributed by atoms with van der Waals surface area (Å²) in [7, 11) is 0. The van der Waals surface area contributed by atoms with Crippen molar-refractivity contribution >= 4 is 11.3 Å². The molecule has 6 heteroatoms. The fraction of sp³-hybridized carbons (Fsp3) is 0.600. The van der Waals surface area contributed by atoms with Gasteiger partial charge in [-0.2, -0.15) is 5.10 Å². The summed E-state index contributed by atoms with van der Waals surface area (Å²) in [5, 5.41) is 11.5. The number of nitrogens with one attached hydrogen (secondary N) is 2. The van der Waals surface area contributed by atoms with Gasteiger partial charge in [0, 0.05) is 56.6 Å². The first-order valence-electron chi connectivity index (χ1n) is 7.93. The van der Waals surface area contributed by atoms with Gasteiger partial charge in [-0.3, -0.25) is 0 Å². The van der Waals surface area contributed by atoms with Crippen LogP contribution in [0.15, 0.2) is 18.3 Å². The van der Waals surface area contributed by atoms with Gasteiger partial charge in [-0.25, -0.2) is 9.50 Å². The highest BCUT2D eigenvalue weighted by atomic mass is 15.3. The Morgan fingerprint density at radius 3 is 2.95 bits per heavy atom. The third-order valence-corrected chi connectivity index (χ3v) is 4.44. The van der Waals surface area contributed by atoms with Gasteiger partial charge in [0.15, 0.2) is 11.5 Å². The molecule has 2 N–H and O–H groups in total. The van der Waals surface area contributed by atoms with Gasteiger partial charge in [0.1, 0.15) is 0 Å². The average molecular weight is 286 g/mol. The molecule has 21 heavy (non-hydrogen) atoms. The Balaban J connectivity index is 1.55. The lowest BCUT2D eigenvalue weighted by Crippen LogP contribution is -2.43. The molecular formula is C15H22N6. The number of pyridine rings is 1. The Kier molecular flexibility index (Phi) is 3.48. The average Bonchev–Trinajstić information content (AvgIpc) is 3.16. The highest BCUT2D eigenvalue weighted by Gasteiger charge is 2.17. The van der Waals surface area contributed by atoms with Crippen LogP contribution >= 0.6 is 0 Å². The minimum Gasteiger partial charge on any atom is -0.369 e. The Hall–Kier alpha value is -1.66. The normalized spacial score (nSPS) is 23.0. The fourth-order valence-electron chi connectivity index (χ4n) is 3.27. The second-order valence-electron chi connectivity index (χ2n) is 5.95. The molecular weight excluding hydrogens is 264 g/mol. The number of piperazine rings is 1. The highest BCUT2D eigenvalue weighted by Crippen LogP contribution is 2.17. The maximum absolute atomic E-state index is 4.70. The van der Waals surface area contributed by atoms with E-state index >= 15 is 0 Å². The van der Waals surface area contributed by atoms with Gasteiger partial charge in [-0.05, 0) is 25.5 Å². The molecule has 4 heterocycles. The molecule has 1 unspecified atom stereocenters. The molecule has 112 valence electrons. The van der Waals surface area contributed by atoms with Crippen molar-refractivity contribution < 1.29 is 0 Å². The number of hydrogen-bond acceptors (Lipinski definition) is 5. The zero-order valence-corrected chi connectivity index (χ0v) is 12.3. The maximum Gasteiger partial charge on any atom is 0.157 e. The van der Waals surface area contributed by atoms with Gasteiger partial charge in [0.25, 0.3) is 0 Å². The van der Waals surface area contributed by atoms with E-state index in [1.165, 1.54) is 18.5 Å². The molecule has 2 aromatic rings. The number of fused-ring (bicyclic) bond motifs is 1. The zero-order chi connectivity index (χ0) is 14.1. The van der Waals surface area contributed by atoms with E-state index in [-0.39, 0.29) is 0 Å². The van der Waals surface area contributed by atoms with Crippen LogP contribution in [0.25, 0.3) is 5.65 Å². The van der Waals surface area contributed by atoms with Crippen LogP contribution < -0.4 is 15.5 Å². The number of aromatic nitrogens is 3. The zero-order valence-electron chi connectivity index (χ0n) is 12.3. The highest BCUT2D eigenvalue weighted by molar-refractivity contribution is 5.56. The molecule has 0 spiro atoms. The van der Waals surface area contributed by atoms with Crippen LogP contribution in [-0.2, 0) is 6.42 Å². The van der Waals surface area contributed by atoms with Crippen LogP contribution in [-0.4, -0.2) is 53.4 Å². The molecule has 2 aliphatic rings. The molecule has 0 amide bonds. The predicted molar refractivity (Wildman–Crippen MR) is 82.8 cm³/mol. The summed E-state index contributed by atoms with van der Waals surface area (Å²) < 4.78 is 1.90. The van der Waals surface area contributed by atoms with Gasteiger partial charge >= 0.3 is 0 Å². The molecule has 0 saturated carbocycles. The Labute approximate surface area is 124 Å². The molecule has 1 atom stereocenters. The maximum atomic E-state index is 4.70. The Bertz CT molecular complexity index is 610. The fourth-order valence-corrected chi connectivity index (χ4v) is 3.27. The van der Waals surface area contributed by atoms with Crippen LogP contribution in [0, 0.1) is 0 Å². The first-order valence-corrected chi connectivity index (χ1v) is 7.93. The van der Waals surface area contributed by atoms with Crippen LogP contribution in [0.2, 0.25) is 0 Å². The topological polar surface area (TPSA) is 57.5 Å². The summed E-state index contributed by atoms with van der Waals surface area (Å²) in [5.41, 5.74) is 2.21. The predicted octanol–water partition coefficient (Wildman–Crippen LogP) is 0.433. The number of rotatable bonds is 3. The van der Waals surface area contributed by atoms with E-state index in [0.29, 0.717) is 6.04 Å². The van der Waals surface area contributed by atoms with Gasteiger partial charge in [0.05, 0.1) is 0 Å². The molecule has 2 saturated heterocycles. The molecule has 0 radical (unpaired) electrons. The lowest BCUT2D eigenvalue weighted by atomic mass is 10.1. The van der Waals surface area contributed by atoms with Crippen LogP contribution in [0.1, 0.15) is 18.7 Å². The van der Waals surface area contributed by atoms with E-state index in [4.69, 9.17) is 4.98 Å². The van der Waals surface area contributed by atoms with Gasteiger partial charge in [-0.15, -0.1) is 0 Å². The quantitative estimate of drug-likeness (QED) is 0.857. The van der Waals surface area contributed by atoms with E-state index in [9.17, 15) is 0 Å². The summed E-state index contributed by atoms with van der Waals surface area (Å²) in [6, 6.07) is 4.85. The molecule has 2 aliphatic heterocycles. The van der Waals surface area contributed by atoms with Crippen molar-refractivity contribution in [3.63, 3.8) is 0 Å². The summed E-state index contributed by atoms with van der Waals surface area (Å²) in [6.07, 6.45) is 5.47. The molecule has 2 aromatic heterocycles. The number of hydrogen-bond donors (Lipinski definition) is 2. The second-order valence-corrected chi connectivity index (χ2v) is 5.95. The largest absolute Gasteiger partial charge is 0.369 e. The summed E-state index contributed by atoms with van der Waals surface area (Å²) >= 11 is 0. The van der Waals surface area contributed by atoms with Gasteiger partial charge in [-0.1, -0.05) is 0 Å². The molecule has 4 rings (SSSR count). The lowest BCUT2D eigenvalue weighted by molar-refractivity contribution is 0.585. The van der Waals surface area contributed by atoms with Crippen molar-refractivity contribution in [3.8, 4) is 0 Å². The molecule has 0 aromatic carbocycles. The first kappa shape index (κ1) is 13.0. The van der Waals surface area contributed by atoms with E-state index in [1.807, 2.05) is 10.7 Å². The first-order chi connectivity index (χ1) is 10.4. The van der Waals surface area contributed by atoms with Crippen molar-refractivity contribution in [2.24, 2.45) is 0 Å².